The van der Waals surface area contributed by atoms with Gasteiger partial charge in [-0.15, -0.1) is 6.58 Å². The summed E-state index contributed by atoms with van der Waals surface area (Å²) >= 11 is 0. The Morgan fingerprint density at radius 1 is 1.02 bits per heavy atom. The zero-order valence-corrected chi connectivity index (χ0v) is 30.0. The number of carbonyl (C=O) groups excluding carboxylic acids is 6. The first-order chi connectivity index (χ1) is 22.5. The molecule has 1 aromatic carbocycles. The van der Waals surface area contributed by atoms with Crippen molar-refractivity contribution in [1.29, 1.82) is 0 Å². The van der Waals surface area contributed by atoms with Crippen molar-refractivity contribution < 1.29 is 33.5 Å². The molecule has 1 fully saturated rings. The van der Waals surface area contributed by atoms with Crippen molar-refractivity contribution in [3.05, 3.63) is 42.5 Å². The fourth-order valence-electron chi connectivity index (χ4n) is 5.76. The minimum atomic E-state index is -1.06. The molecule has 1 saturated heterocycles. The smallest absolute Gasteiger partial charge is 0.316 e. The van der Waals surface area contributed by atoms with Crippen LogP contribution in [0, 0.1) is 23.2 Å². The van der Waals surface area contributed by atoms with E-state index >= 15 is 0 Å². The number of rotatable bonds is 16. The summed E-state index contributed by atoms with van der Waals surface area (Å²) in [5.74, 6) is -2.68. The minimum absolute atomic E-state index is 0.0147. The Balaban J connectivity index is 2.34. The summed E-state index contributed by atoms with van der Waals surface area (Å²) in [5, 5.41) is 10.8. The van der Waals surface area contributed by atoms with Gasteiger partial charge in [0.15, 0.2) is 5.78 Å². The van der Waals surface area contributed by atoms with Gasteiger partial charge in [-0.3, -0.25) is 24.0 Å². The van der Waals surface area contributed by atoms with Gasteiger partial charge in [0, 0.05) is 13.1 Å². The summed E-state index contributed by atoms with van der Waals surface area (Å²) in [6.45, 7) is 18.8. The predicted octanol–water partition coefficient (Wildman–Crippen LogP) is 3.65. The molecule has 0 aliphatic carbocycles. The lowest BCUT2D eigenvalue weighted by atomic mass is 9.85. The molecule has 0 spiro atoms. The average molecular weight is 670 g/mol. The highest BCUT2D eigenvalue weighted by atomic mass is 16.5. The van der Waals surface area contributed by atoms with Crippen molar-refractivity contribution >= 4 is 35.3 Å². The summed E-state index contributed by atoms with van der Waals surface area (Å²) in [5.41, 5.74) is -0.457. The average Bonchev–Trinajstić information content (AvgIpc) is 3.49. The van der Waals surface area contributed by atoms with Crippen molar-refractivity contribution in [1.82, 2.24) is 26.2 Å². The zero-order valence-electron chi connectivity index (χ0n) is 30.0. The molecule has 266 valence electrons. The molecule has 5 atom stereocenters. The molecule has 12 nitrogen and oxygen atoms in total. The van der Waals surface area contributed by atoms with E-state index in [4.69, 9.17) is 4.74 Å². The third-order valence-electron chi connectivity index (χ3n) is 8.70. The van der Waals surface area contributed by atoms with E-state index in [1.165, 1.54) is 18.1 Å². The first-order valence-electron chi connectivity index (χ1n) is 16.8. The summed E-state index contributed by atoms with van der Waals surface area (Å²) in [4.78, 5) is 81.9. The first-order valence-corrected chi connectivity index (χ1v) is 16.8. The Kier molecular flexibility index (Phi) is 14.8. The lowest BCUT2D eigenvalue weighted by Gasteiger charge is -2.36. The van der Waals surface area contributed by atoms with Gasteiger partial charge in [0.25, 0.3) is 5.91 Å². The SMILES string of the molecule is C=CCNC(=O)C(=O)C(CCC)NC(=O)[C@@H]1C[C@@H](C(C)C)CN1C(=O)[C@@H](NC(=O)N[C@H](C(=O)c1ccccc1OC)C(C)C)C(C)(C)C. The molecule has 2 rings (SSSR count). The highest BCUT2D eigenvalue weighted by Gasteiger charge is 2.46. The summed E-state index contributed by atoms with van der Waals surface area (Å²) in [6, 6.07) is 2.11. The van der Waals surface area contributed by atoms with Crippen LogP contribution in [0.2, 0.25) is 0 Å². The number of benzene rings is 1. The number of ketones is 2. The fourth-order valence-corrected chi connectivity index (χ4v) is 5.76. The number of Topliss-reactive ketones (excluding diaryl/α,β-unsaturated/α-hetero) is 2. The number of ether oxygens (including phenoxy) is 1. The van der Waals surface area contributed by atoms with Gasteiger partial charge in [-0.1, -0.05) is 80.0 Å². The maximum atomic E-state index is 14.3. The number of carbonyl (C=O) groups is 6. The second kappa shape index (κ2) is 17.8. The third kappa shape index (κ3) is 10.4. The normalized spacial score (nSPS) is 18.0. The second-order valence-corrected chi connectivity index (χ2v) is 14.2. The molecule has 1 unspecified atom stereocenters. The molecular formula is C36H55N5O7. The highest BCUT2D eigenvalue weighted by molar-refractivity contribution is 6.38. The van der Waals surface area contributed by atoms with E-state index in [1.54, 1.807) is 45.0 Å². The Morgan fingerprint density at radius 2 is 1.67 bits per heavy atom. The van der Waals surface area contributed by atoms with Crippen molar-refractivity contribution in [2.75, 3.05) is 20.2 Å². The lowest BCUT2D eigenvalue weighted by molar-refractivity contribution is -0.143. The van der Waals surface area contributed by atoms with E-state index < -0.39 is 59.1 Å². The number of nitrogens with zero attached hydrogens (tertiary/aromatic N) is 1. The third-order valence-corrected chi connectivity index (χ3v) is 8.70. The lowest BCUT2D eigenvalue weighted by Crippen LogP contribution is -2.61. The van der Waals surface area contributed by atoms with Gasteiger partial charge in [-0.2, -0.15) is 0 Å². The Hall–Kier alpha value is -4.22. The van der Waals surface area contributed by atoms with E-state index in [9.17, 15) is 28.8 Å². The quantitative estimate of drug-likeness (QED) is 0.119. The van der Waals surface area contributed by atoms with Crippen LogP contribution in [0.25, 0.3) is 0 Å². The largest absolute Gasteiger partial charge is 0.496 e. The van der Waals surface area contributed by atoms with Crippen LogP contribution >= 0.6 is 0 Å². The number of para-hydroxylation sites is 1. The van der Waals surface area contributed by atoms with Crippen LogP contribution in [-0.2, 0) is 19.2 Å². The van der Waals surface area contributed by atoms with Crippen LogP contribution in [0.15, 0.2) is 36.9 Å². The van der Waals surface area contributed by atoms with E-state index in [0.717, 1.165) is 0 Å². The Bertz CT molecular complexity index is 1340. The Morgan fingerprint density at radius 3 is 2.21 bits per heavy atom. The fraction of sp³-hybridized carbons (Fsp3) is 0.611. The molecule has 0 aromatic heterocycles. The number of nitrogens with one attached hydrogen (secondary N) is 4. The van der Waals surface area contributed by atoms with Crippen LogP contribution in [0.4, 0.5) is 4.79 Å². The molecule has 12 heteroatoms. The number of hydrogen-bond acceptors (Lipinski definition) is 7. The van der Waals surface area contributed by atoms with Gasteiger partial charge in [0.1, 0.15) is 17.8 Å². The number of likely N-dealkylation sites (tertiary alicyclic amines) is 1. The van der Waals surface area contributed by atoms with Gasteiger partial charge in [-0.25, -0.2) is 4.79 Å². The molecular weight excluding hydrogens is 614 g/mol. The van der Waals surface area contributed by atoms with Crippen molar-refractivity contribution in [2.24, 2.45) is 23.2 Å². The maximum Gasteiger partial charge on any atom is 0.316 e. The monoisotopic (exact) mass is 669 g/mol. The number of urea groups is 1. The summed E-state index contributed by atoms with van der Waals surface area (Å²) in [6.07, 6.45) is 2.59. The first kappa shape index (κ1) is 40.0. The zero-order chi connectivity index (χ0) is 36.3. The van der Waals surface area contributed by atoms with Gasteiger partial charge in [0.05, 0.1) is 24.8 Å². The molecule has 48 heavy (non-hydrogen) atoms. The van der Waals surface area contributed by atoms with Crippen molar-refractivity contribution in [3.8, 4) is 5.75 Å². The van der Waals surface area contributed by atoms with E-state index in [-0.39, 0.29) is 43.0 Å². The summed E-state index contributed by atoms with van der Waals surface area (Å²) < 4.78 is 5.36. The second-order valence-electron chi connectivity index (χ2n) is 14.2. The molecule has 4 N–H and O–H groups in total. The van der Waals surface area contributed by atoms with Crippen LogP contribution < -0.4 is 26.0 Å². The van der Waals surface area contributed by atoms with Gasteiger partial charge in [-0.05, 0) is 48.1 Å². The van der Waals surface area contributed by atoms with Crippen LogP contribution in [-0.4, -0.2) is 84.6 Å². The van der Waals surface area contributed by atoms with Gasteiger partial charge in [0.2, 0.25) is 17.6 Å². The molecule has 1 aliphatic rings. The van der Waals surface area contributed by atoms with Gasteiger partial charge >= 0.3 is 6.03 Å². The molecule has 0 saturated carbocycles. The number of methoxy groups -OCH3 is 1. The predicted molar refractivity (Wildman–Crippen MR) is 184 cm³/mol. The van der Waals surface area contributed by atoms with Crippen molar-refractivity contribution in [3.63, 3.8) is 0 Å². The molecule has 1 heterocycles. The number of amides is 5. The van der Waals surface area contributed by atoms with Gasteiger partial charge < -0.3 is 30.9 Å². The maximum absolute atomic E-state index is 14.3. The topological polar surface area (TPSA) is 163 Å². The van der Waals surface area contributed by atoms with Crippen LogP contribution in [0.3, 0.4) is 0 Å². The molecule has 1 aliphatic heterocycles. The van der Waals surface area contributed by atoms with Crippen molar-refractivity contribution in [2.45, 2.75) is 98.8 Å². The van der Waals surface area contributed by atoms with E-state index in [2.05, 4.69) is 27.8 Å². The molecule has 0 bridgehead atoms. The van der Waals surface area contributed by atoms with Crippen LogP contribution in [0.1, 0.15) is 85.0 Å². The summed E-state index contributed by atoms with van der Waals surface area (Å²) in [7, 11) is 1.47. The molecule has 5 amide bonds. The standard InChI is InChI=1S/C36H55N5O7/c1-11-15-25(30(43)33(45)37-18-12-2)38-32(44)26-19-23(21(3)4)20-41(26)34(46)31(36(7,8)9)40-35(47)39-28(22(5)6)29(42)24-16-13-14-17-27(24)48-10/h12-14,16-17,21-23,25-26,28,31H,2,11,15,18-20H2,1,3-10H3,(H,37,45)(H,38,44)(H2,39,40,47)/t23-,25?,26+,28+,31-/m1/s1. The highest BCUT2D eigenvalue weighted by Crippen LogP contribution is 2.32. The van der Waals surface area contributed by atoms with E-state index in [1.807, 2.05) is 34.6 Å². The Labute approximate surface area is 285 Å². The minimum Gasteiger partial charge on any atom is -0.496 e. The van der Waals surface area contributed by atoms with Crippen LogP contribution in [0.5, 0.6) is 5.75 Å². The molecule has 1 aromatic rings. The molecule has 0 radical (unpaired) electrons. The van der Waals surface area contributed by atoms with E-state index in [0.29, 0.717) is 24.2 Å². The number of hydrogen-bond donors (Lipinski definition) is 4.